The van der Waals surface area contributed by atoms with Gasteiger partial charge in [0.1, 0.15) is 5.78 Å². The second-order valence-corrected chi connectivity index (χ2v) is 11.4. The fourth-order valence-corrected chi connectivity index (χ4v) is 9.11. The van der Waals surface area contributed by atoms with Crippen molar-refractivity contribution in [2.75, 3.05) is 13.2 Å². The van der Waals surface area contributed by atoms with Gasteiger partial charge >= 0.3 is 0 Å². The van der Waals surface area contributed by atoms with Gasteiger partial charge in [-0.05, 0) is 118 Å². The fourth-order valence-electron chi connectivity index (χ4n) is 9.11. The number of ether oxygens (including phenoxy) is 1. The monoisotopic (exact) mass is 400 g/mol. The molecule has 4 aliphatic carbocycles. The van der Waals surface area contributed by atoms with Gasteiger partial charge in [0, 0.05) is 19.1 Å². The first-order valence-electron chi connectivity index (χ1n) is 12.6. The van der Waals surface area contributed by atoms with Crippen LogP contribution in [-0.4, -0.2) is 19.0 Å². The molecule has 0 aliphatic heterocycles. The van der Waals surface area contributed by atoms with Crippen LogP contribution in [-0.2, 0) is 9.53 Å². The summed E-state index contributed by atoms with van der Waals surface area (Å²) in [5, 5.41) is 0. The summed E-state index contributed by atoms with van der Waals surface area (Å²) in [6.07, 6.45) is 16.7. The zero-order valence-corrected chi connectivity index (χ0v) is 19.3. The number of hydrogen-bond donors (Lipinski definition) is 0. The third-order valence-electron chi connectivity index (χ3n) is 10.2. The van der Waals surface area contributed by atoms with Crippen molar-refractivity contribution in [2.45, 2.75) is 91.4 Å². The molecule has 4 aliphatic rings. The SMILES string of the molecule is C=CCC12CC[C@@H]3C(CC[C@]4(C)C(C(C)=O)CCCC34)[C@H]1CC[C@H](COCC)C2. The van der Waals surface area contributed by atoms with Gasteiger partial charge < -0.3 is 4.74 Å². The molecule has 0 spiro atoms. The molecular weight excluding hydrogens is 356 g/mol. The van der Waals surface area contributed by atoms with Gasteiger partial charge in [-0.15, -0.1) is 6.58 Å². The molecule has 0 saturated heterocycles. The maximum absolute atomic E-state index is 12.5. The number of carbonyl (C=O) groups is 1. The zero-order valence-electron chi connectivity index (χ0n) is 19.3. The molecule has 0 aromatic heterocycles. The van der Waals surface area contributed by atoms with E-state index in [2.05, 4.69) is 26.5 Å². The van der Waals surface area contributed by atoms with Crippen LogP contribution in [0.25, 0.3) is 0 Å². The van der Waals surface area contributed by atoms with Crippen molar-refractivity contribution in [1.29, 1.82) is 0 Å². The highest BCUT2D eigenvalue weighted by molar-refractivity contribution is 5.79. The molecule has 4 rings (SSSR count). The molecule has 2 heteroatoms. The number of fused-ring (bicyclic) bond motifs is 5. The van der Waals surface area contributed by atoms with Gasteiger partial charge in [-0.2, -0.15) is 0 Å². The first kappa shape index (κ1) is 21.6. The maximum atomic E-state index is 12.5. The lowest BCUT2D eigenvalue weighted by Crippen LogP contribution is -2.56. The Kier molecular flexibility index (Phi) is 6.32. The minimum Gasteiger partial charge on any atom is -0.381 e. The predicted octanol–water partition coefficient (Wildman–Crippen LogP) is 6.83. The van der Waals surface area contributed by atoms with Gasteiger partial charge in [0.2, 0.25) is 0 Å². The molecule has 29 heavy (non-hydrogen) atoms. The van der Waals surface area contributed by atoms with Gasteiger partial charge in [-0.25, -0.2) is 0 Å². The lowest BCUT2D eigenvalue weighted by Gasteiger charge is -2.63. The summed E-state index contributed by atoms with van der Waals surface area (Å²) in [5.41, 5.74) is 0.751. The Morgan fingerprint density at radius 1 is 1.07 bits per heavy atom. The number of hydrogen-bond acceptors (Lipinski definition) is 2. The molecule has 0 amide bonds. The van der Waals surface area contributed by atoms with Gasteiger partial charge in [0.05, 0.1) is 0 Å². The summed E-state index contributed by atoms with van der Waals surface area (Å²) in [6, 6.07) is 0. The summed E-state index contributed by atoms with van der Waals surface area (Å²) >= 11 is 0. The van der Waals surface area contributed by atoms with Crippen LogP contribution in [0.4, 0.5) is 0 Å². The van der Waals surface area contributed by atoms with E-state index >= 15 is 0 Å². The number of carbonyl (C=O) groups excluding carboxylic acids is 1. The zero-order chi connectivity index (χ0) is 20.6. The van der Waals surface area contributed by atoms with E-state index in [1.54, 1.807) is 0 Å². The molecule has 164 valence electrons. The van der Waals surface area contributed by atoms with Crippen LogP contribution < -0.4 is 0 Å². The Hall–Kier alpha value is -0.630. The standard InChI is InChI=1S/C27H44O2/c1-5-14-27-16-13-21-22(25(27)11-10-20(17-27)18-29-6-2)12-15-26(4)23(19(3)28)8-7-9-24(21)26/h5,20-25H,1,6-18H2,2-4H3/t20-,21+,22?,23?,24?,25+,26+,27?/m0/s1. The summed E-state index contributed by atoms with van der Waals surface area (Å²) in [6.45, 7) is 12.4. The Morgan fingerprint density at radius 3 is 2.55 bits per heavy atom. The third-order valence-corrected chi connectivity index (χ3v) is 10.2. The van der Waals surface area contributed by atoms with Gasteiger partial charge in [-0.3, -0.25) is 4.79 Å². The lowest BCUT2D eigenvalue weighted by molar-refractivity contribution is -0.153. The molecule has 0 aromatic carbocycles. The Balaban J connectivity index is 1.56. The Morgan fingerprint density at radius 2 is 1.83 bits per heavy atom. The predicted molar refractivity (Wildman–Crippen MR) is 120 cm³/mol. The normalized spacial score (nSPS) is 46.9. The summed E-state index contributed by atoms with van der Waals surface area (Å²) < 4.78 is 5.84. The Labute approximate surface area is 179 Å². The Bertz CT molecular complexity index is 612. The van der Waals surface area contributed by atoms with Crippen LogP contribution in [0.3, 0.4) is 0 Å². The van der Waals surface area contributed by atoms with E-state index in [0.29, 0.717) is 17.1 Å². The molecule has 8 atom stereocenters. The minimum atomic E-state index is 0.274. The molecule has 0 aromatic rings. The molecule has 4 unspecified atom stereocenters. The molecular formula is C27H44O2. The molecule has 0 radical (unpaired) electrons. The highest BCUT2D eigenvalue weighted by Crippen LogP contribution is 2.66. The topological polar surface area (TPSA) is 26.3 Å². The van der Waals surface area contributed by atoms with Gasteiger partial charge in [0.25, 0.3) is 0 Å². The van der Waals surface area contributed by atoms with Crippen LogP contribution in [0, 0.1) is 46.3 Å². The van der Waals surface area contributed by atoms with E-state index in [4.69, 9.17) is 4.74 Å². The first-order chi connectivity index (χ1) is 13.9. The first-order valence-corrected chi connectivity index (χ1v) is 12.6. The van der Waals surface area contributed by atoms with Crippen molar-refractivity contribution in [2.24, 2.45) is 46.3 Å². The quantitative estimate of drug-likeness (QED) is 0.457. The fraction of sp³-hybridized carbons (Fsp3) is 0.889. The molecule has 0 bridgehead atoms. The van der Waals surface area contributed by atoms with Gasteiger partial charge in [-0.1, -0.05) is 19.4 Å². The van der Waals surface area contributed by atoms with E-state index in [1.807, 2.05) is 6.92 Å². The van der Waals surface area contributed by atoms with Crippen molar-refractivity contribution in [3.05, 3.63) is 12.7 Å². The molecule has 0 N–H and O–H groups in total. The van der Waals surface area contributed by atoms with Crippen LogP contribution >= 0.6 is 0 Å². The van der Waals surface area contributed by atoms with Crippen LogP contribution in [0.15, 0.2) is 12.7 Å². The van der Waals surface area contributed by atoms with E-state index < -0.39 is 0 Å². The van der Waals surface area contributed by atoms with Crippen LogP contribution in [0.5, 0.6) is 0 Å². The van der Waals surface area contributed by atoms with Crippen molar-refractivity contribution in [1.82, 2.24) is 0 Å². The van der Waals surface area contributed by atoms with Gasteiger partial charge in [0.15, 0.2) is 0 Å². The number of allylic oxidation sites excluding steroid dienone is 1. The van der Waals surface area contributed by atoms with E-state index in [-0.39, 0.29) is 5.41 Å². The highest BCUT2D eigenvalue weighted by atomic mass is 16.5. The third kappa shape index (κ3) is 3.66. The number of ketones is 1. The van der Waals surface area contributed by atoms with E-state index in [0.717, 1.165) is 49.2 Å². The average molecular weight is 401 g/mol. The molecule has 4 saturated carbocycles. The van der Waals surface area contributed by atoms with Crippen molar-refractivity contribution < 1.29 is 9.53 Å². The molecule has 0 heterocycles. The maximum Gasteiger partial charge on any atom is 0.133 e. The number of Topliss-reactive ketones (excluding diaryl/α,β-unsaturated/α-hetero) is 1. The smallest absolute Gasteiger partial charge is 0.133 e. The van der Waals surface area contributed by atoms with E-state index in [9.17, 15) is 4.79 Å². The summed E-state index contributed by atoms with van der Waals surface area (Å²) in [7, 11) is 0. The molecule has 2 nitrogen and oxygen atoms in total. The van der Waals surface area contributed by atoms with Crippen LogP contribution in [0.1, 0.15) is 91.4 Å². The summed E-state index contributed by atoms with van der Waals surface area (Å²) in [4.78, 5) is 12.5. The largest absolute Gasteiger partial charge is 0.381 e. The second kappa shape index (κ2) is 8.48. The second-order valence-electron chi connectivity index (χ2n) is 11.4. The minimum absolute atomic E-state index is 0.274. The lowest BCUT2D eigenvalue weighted by atomic mass is 9.41. The molecule has 4 fully saturated rings. The van der Waals surface area contributed by atoms with Crippen molar-refractivity contribution in [3.8, 4) is 0 Å². The van der Waals surface area contributed by atoms with Crippen molar-refractivity contribution >= 4 is 5.78 Å². The number of rotatable bonds is 6. The van der Waals surface area contributed by atoms with E-state index in [1.165, 1.54) is 64.2 Å². The van der Waals surface area contributed by atoms with Crippen molar-refractivity contribution in [3.63, 3.8) is 0 Å². The average Bonchev–Trinajstić information content (AvgIpc) is 2.70. The highest BCUT2D eigenvalue weighted by Gasteiger charge is 2.59. The summed E-state index contributed by atoms with van der Waals surface area (Å²) in [5.74, 6) is 4.94. The van der Waals surface area contributed by atoms with Crippen LogP contribution in [0.2, 0.25) is 0 Å².